The predicted molar refractivity (Wildman–Crippen MR) is 93.1 cm³/mol. The largest absolute Gasteiger partial charge is 0.366 e. The molecule has 0 fully saturated rings. The number of benzene rings is 1. The monoisotopic (exact) mass is 289 g/mol. The van der Waals surface area contributed by atoms with Crippen LogP contribution in [0, 0.1) is 17.8 Å². The lowest BCUT2D eigenvalue weighted by molar-refractivity contribution is 0.204. The van der Waals surface area contributed by atoms with Crippen LogP contribution >= 0.6 is 0 Å². The van der Waals surface area contributed by atoms with Crippen molar-refractivity contribution >= 4 is 0 Å². The van der Waals surface area contributed by atoms with Crippen LogP contribution in [0.25, 0.3) is 0 Å². The first-order valence-electron chi connectivity index (χ1n) is 8.09. The Morgan fingerprint density at radius 1 is 1.05 bits per heavy atom. The fourth-order valence-corrected chi connectivity index (χ4v) is 2.95. The zero-order valence-electron chi connectivity index (χ0n) is 13.6. The molecular formula is C21H23N. The summed E-state index contributed by atoms with van der Waals surface area (Å²) in [6.45, 7) is 7.85. The molecule has 1 nitrogen and oxygen atoms in total. The van der Waals surface area contributed by atoms with E-state index in [1.165, 1.54) is 11.3 Å². The molecule has 0 saturated carbocycles. The number of rotatable bonds is 2. The average molecular weight is 289 g/mol. The first-order chi connectivity index (χ1) is 10.7. The molecule has 1 atom stereocenters. The van der Waals surface area contributed by atoms with E-state index in [1.807, 2.05) is 0 Å². The molecule has 0 radical (unpaired) electrons. The van der Waals surface area contributed by atoms with Gasteiger partial charge in [0.1, 0.15) is 0 Å². The van der Waals surface area contributed by atoms with Gasteiger partial charge in [0.05, 0.1) is 0 Å². The third-order valence-electron chi connectivity index (χ3n) is 4.63. The molecule has 112 valence electrons. The fourth-order valence-electron chi connectivity index (χ4n) is 2.95. The van der Waals surface area contributed by atoms with Crippen LogP contribution in [0.15, 0.2) is 59.8 Å². The summed E-state index contributed by atoms with van der Waals surface area (Å²) in [6.07, 6.45) is 9.56. The molecule has 0 aromatic heterocycles. The summed E-state index contributed by atoms with van der Waals surface area (Å²) in [5.74, 6) is 7.37. The van der Waals surface area contributed by atoms with Gasteiger partial charge in [0, 0.05) is 35.8 Å². The van der Waals surface area contributed by atoms with Gasteiger partial charge in [-0.15, -0.1) is 0 Å². The Morgan fingerprint density at radius 3 is 2.68 bits per heavy atom. The number of nitrogens with zero attached hydrogens (tertiary/aromatic N) is 1. The highest BCUT2D eigenvalue weighted by Crippen LogP contribution is 2.28. The number of hydrogen-bond acceptors (Lipinski definition) is 1. The maximum atomic E-state index is 3.40. The van der Waals surface area contributed by atoms with Gasteiger partial charge < -0.3 is 4.90 Å². The molecule has 1 aliphatic carbocycles. The zero-order valence-corrected chi connectivity index (χ0v) is 13.6. The summed E-state index contributed by atoms with van der Waals surface area (Å²) in [5, 5.41) is 0. The highest BCUT2D eigenvalue weighted by molar-refractivity contribution is 5.52. The van der Waals surface area contributed by atoms with Gasteiger partial charge in [0.15, 0.2) is 0 Å². The van der Waals surface area contributed by atoms with Gasteiger partial charge in [-0.2, -0.15) is 0 Å². The Balaban J connectivity index is 2.14. The lowest BCUT2D eigenvalue weighted by atomic mass is 9.97. The van der Waals surface area contributed by atoms with Crippen LogP contribution in [-0.2, 0) is 6.54 Å². The summed E-state index contributed by atoms with van der Waals surface area (Å²) in [7, 11) is 0. The van der Waals surface area contributed by atoms with Crippen molar-refractivity contribution in [2.24, 2.45) is 5.92 Å². The zero-order chi connectivity index (χ0) is 15.5. The molecule has 0 saturated heterocycles. The lowest BCUT2D eigenvalue weighted by Crippen LogP contribution is -2.36. The van der Waals surface area contributed by atoms with Crippen molar-refractivity contribution in [3.63, 3.8) is 0 Å². The molecule has 0 spiro atoms. The molecule has 3 rings (SSSR count). The lowest BCUT2D eigenvalue weighted by Gasteiger charge is -2.37. The SMILES string of the molecule is CC(C)C(C)N1Cc2ccccc2C#CC2=C1CC=CC=C2. The van der Waals surface area contributed by atoms with E-state index in [1.54, 1.807) is 0 Å². The third-order valence-corrected chi connectivity index (χ3v) is 4.63. The maximum absolute atomic E-state index is 3.40. The van der Waals surface area contributed by atoms with Gasteiger partial charge in [-0.3, -0.25) is 0 Å². The van der Waals surface area contributed by atoms with E-state index in [0.29, 0.717) is 12.0 Å². The van der Waals surface area contributed by atoms with Gasteiger partial charge in [0.25, 0.3) is 0 Å². The van der Waals surface area contributed by atoms with Gasteiger partial charge in [-0.05, 0) is 30.5 Å². The molecule has 1 unspecified atom stereocenters. The van der Waals surface area contributed by atoms with Crippen LogP contribution in [-0.4, -0.2) is 10.9 Å². The van der Waals surface area contributed by atoms with Gasteiger partial charge >= 0.3 is 0 Å². The van der Waals surface area contributed by atoms with E-state index >= 15 is 0 Å². The van der Waals surface area contributed by atoms with Crippen LogP contribution in [0.4, 0.5) is 0 Å². The van der Waals surface area contributed by atoms with Gasteiger partial charge in [-0.1, -0.05) is 62.1 Å². The molecule has 1 aromatic rings. The number of allylic oxidation sites excluding steroid dienone is 5. The van der Waals surface area contributed by atoms with Crippen molar-refractivity contribution in [1.29, 1.82) is 0 Å². The second kappa shape index (κ2) is 6.28. The first-order valence-corrected chi connectivity index (χ1v) is 8.09. The van der Waals surface area contributed by atoms with Crippen molar-refractivity contribution in [1.82, 2.24) is 4.90 Å². The van der Waals surface area contributed by atoms with Gasteiger partial charge in [0.2, 0.25) is 0 Å². The molecule has 0 bridgehead atoms. The van der Waals surface area contributed by atoms with E-state index in [0.717, 1.165) is 24.1 Å². The first kappa shape index (κ1) is 14.7. The second-order valence-electron chi connectivity index (χ2n) is 6.37. The van der Waals surface area contributed by atoms with E-state index < -0.39 is 0 Å². The summed E-state index contributed by atoms with van der Waals surface area (Å²) < 4.78 is 0. The molecule has 1 aromatic carbocycles. The Bertz CT molecular complexity index is 707. The quantitative estimate of drug-likeness (QED) is 0.715. The maximum Gasteiger partial charge on any atom is 0.0443 e. The van der Waals surface area contributed by atoms with E-state index in [-0.39, 0.29) is 0 Å². The van der Waals surface area contributed by atoms with E-state index in [4.69, 9.17) is 0 Å². The van der Waals surface area contributed by atoms with Crippen LogP contribution in [0.5, 0.6) is 0 Å². The minimum absolute atomic E-state index is 0.484. The van der Waals surface area contributed by atoms with Gasteiger partial charge in [-0.25, -0.2) is 0 Å². The highest BCUT2D eigenvalue weighted by Gasteiger charge is 2.23. The topological polar surface area (TPSA) is 3.24 Å². The Labute approximate surface area is 134 Å². The second-order valence-corrected chi connectivity index (χ2v) is 6.37. The molecule has 1 aliphatic heterocycles. The number of fused-ring (bicyclic) bond motifs is 1. The van der Waals surface area contributed by atoms with Crippen molar-refractivity contribution in [2.75, 3.05) is 0 Å². The van der Waals surface area contributed by atoms with Crippen LogP contribution in [0.1, 0.15) is 38.3 Å². The smallest absolute Gasteiger partial charge is 0.0443 e. The van der Waals surface area contributed by atoms with Crippen molar-refractivity contribution < 1.29 is 0 Å². The van der Waals surface area contributed by atoms with Crippen LogP contribution < -0.4 is 0 Å². The highest BCUT2D eigenvalue weighted by atomic mass is 15.2. The third kappa shape index (κ3) is 2.88. The minimum atomic E-state index is 0.484. The van der Waals surface area contributed by atoms with E-state index in [2.05, 4.69) is 86.1 Å². The van der Waals surface area contributed by atoms with E-state index in [9.17, 15) is 0 Å². The number of hydrogen-bond donors (Lipinski definition) is 0. The predicted octanol–water partition coefficient (Wildman–Crippen LogP) is 4.67. The average Bonchev–Trinajstić information content (AvgIpc) is 2.73. The molecule has 0 amide bonds. The summed E-state index contributed by atoms with van der Waals surface area (Å²) in [5.41, 5.74) is 4.99. The fraction of sp³-hybridized carbons (Fsp3) is 0.333. The summed E-state index contributed by atoms with van der Waals surface area (Å²) >= 11 is 0. The van der Waals surface area contributed by atoms with Crippen molar-refractivity contribution in [3.8, 4) is 11.8 Å². The normalized spacial score (nSPS) is 17.9. The minimum Gasteiger partial charge on any atom is -0.366 e. The molecule has 0 N–H and O–H groups in total. The molecule has 22 heavy (non-hydrogen) atoms. The molecule has 2 aliphatic rings. The summed E-state index contributed by atoms with van der Waals surface area (Å²) in [6, 6.07) is 9.01. The van der Waals surface area contributed by atoms with Crippen molar-refractivity contribution in [3.05, 3.63) is 71.0 Å². The Hall–Kier alpha value is -2.20. The standard InChI is InChI=1S/C21H23N/c1-16(2)17(3)22-15-20-11-8-7-9-18(20)13-14-19-10-5-4-6-12-21(19)22/h4-11,16-17H,12,15H2,1-3H3. The molecule has 1 heterocycles. The van der Waals surface area contributed by atoms with Crippen molar-refractivity contribution in [2.45, 2.75) is 39.8 Å². The molecule has 1 heteroatoms. The van der Waals surface area contributed by atoms with Crippen LogP contribution in [0.2, 0.25) is 0 Å². The van der Waals surface area contributed by atoms with Crippen LogP contribution in [0.3, 0.4) is 0 Å². The Kier molecular flexibility index (Phi) is 4.20. The Morgan fingerprint density at radius 2 is 1.86 bits per heavy atom. The summed E-state index contributed by atoms with van der Waals surface area (Å²) in [4.78, 5) is 2.55. The molecular weight excluding hydrogens is 266 g/mol.